The summed E-state index contributed by atoms with van der Waals surface area (Å²) < 4.78 is 22.4. The summed E-state index contributed by atoms with van der Waals surface area (Å²) in [4.78, 5) is 0. The van der Waals surface area contributed by atoms with Gasteiger partial charge in [0.25, 0.3) is 0 Å². The summed E-state index contributed by atoms with van der Waals surface area (Å²) in [5.41, 5.74) is 5.34. The Morgan fingerprint density at radius 2 is 2.00 bits per heavy atom. The first-order chi connectivity index (χ1) is 8.03. The topological polar surface area (TPSA) is 105 Å². The van der Waals surface area contributed by atoms with Gasteiger partial charge in [0.05, 0.1) is 11.5 Å². The average Bonchev–Trinajstić information content (AvgIpc) is 2.30. The Labute approximate surface area is 102 Å². The fraction of sp³-hybridized carbons (Fsp3) is 0.900. The van der Waals surface area contributed by atoms with Crippen LogP contribution in [0.25, 0.3) is 0 Å². The van der Waals surface area contributed by atoms with Gasteiger partial charge in [-0.25, -0.2) is 8.42 Å². The van der Waals surface area contributed by atoms with Crippen molar-refractivity contribution in [3.05, 3.63) is 0 Å². The van der Waals surface area contributed by atoms with Gasteiger partial charge in [0.2, 0.25) is 0 Å². The molecule has 0 atom stereocenters. The lowest BCUT2D eigenvalue weighted by Gasteiger charge is -2.23. The molecule has 1 aliphatic heterocycles. The van der Waals surface area contributed by atoms with E-state index in [1.54, 1.807) is 0 Å². The molecule has 0 radical (unpaired) electrons. The predicted octanol–water partition coefficient (Wildman–Crippen LogP) is 0.0699. The van der Waals surface area contributed by atoms with Gasteiger partial charge in [-0.3, -0.25) is 0 Å². The third-order valence-electron chi connectivity index (χ3n) is 2.98. The maximum Gasteiger partial charge on any atom is 0.150 e. The van der Waals surface area contributed by atoms with Gasteiger partial charge in [-0.1, -0.05) is 5.16 Å². The largest absolute Gasteiger partial charge is 0.409 e. The van der Waals surface area contributed by atoms with Crippen LogP contribution in [0.5, 0.6) is 0 Å². The molecular formula is C10H21N3O3S. The number of hydrogen-bond donors (Lipinski definition) is 3. The molecule has 7 heteroatoms. The van der Waals surface area contributed by atoms with Crippen molar-refractivity contribution in [1.29, 1.82) is 0 Å². The van der Waals surface area contributed by atoms with Gasteiger partial charge >= 0.3 is 0 Å². The molecule has 100 valence electrons. The quantitative estimate of drug-likeness (QED) is 0.207. The average molecular weight is 263 g/mol. The van der Waals surface area contributed by atoms with E-state index < -0.39 is 9.84 Å². The Hall–Kier alpha value is -0.820. The van der Waals surface area contributed by atoms with Gasteiger partial charge in [0.15, 0.2) is 0 Å². The second-order valence-electron chi connectivity index (χ2n) is 4.43. The highest BCUT2D eigenvalue weighted by molar-refractivity contribution is 7.91. The van der Waals surface area contributed by atoms with Crippen LogP contribution in [-0.2, 0) is 9.84 Å². The van der Waals surface area contributed by atoms with Crippen LogP contribution in [0.2, 0.25) is 0 Å². The van der Waals surface area contributed by atoms with E-state index in [1.165, 1.54) is 0 Å². The number of nitrogens with zero attached hydrogens (tertiary/aromatic N) is 1. The molecule has 1 rings (SSSR count). The first-order valence-electron chi connectivity index (χ1n) is 5.94. The molecule has 1 fully saturated rings. The van der Waals surface area contributed by atoms with E-state index in [0.717, 1.165) is 19.4 Å². The first kappa shape index (κ1) is 14.2. The molecule has 1 saturated heterocycles. The van der Waals surface area contributed by atoms with Crippen molar-refractivity contribution in [1.82, 2.24) is 5.32 Å². The van der Waals surface area contributed by atoms with Crippen LogP contribution in [0.3, 0.4) is 0 Å². The fourth-order valence-corrected chi connectivity index (χ4v) is 3.37. The molecule has 0 aromatic carbocycles. The number of hydrogen-bond acceptors (Lipinski definition) is 5. The Balaban J connectivity index is 2.05. The molecule has 0 aliphatic carbocycles. The molecule has 0 aromatic rings. The number of sulfone groups is 1. The van der Waals surface area contributed by atoms with Crippen molar-refractivity contribution >= 4 is 15.7 Å². The van der Waals surface area contributed by atoms with Gasteiger partial charge in [-0.05, 0) is 32.2 Å². The van der Waals surface area contributed by atoms with Crippen LogP contribution >= 0.6 is 0 Å². The third kappa shape index (κ3) is 5.88. The minimum Gasteiger partial charge on any atom is -0.409 e. The molecule has 1 heterocycles. The van der Waals surface area contributed by atoms with Crippen LogP contribution in [0.1, 0.15) is 32.1 Å². The number of amidine groups is 1. The third-order valence-corrected chi connectivity index (χ3v) is 4.69. The van der Waals surface area contributed by atoms with Crippen LogP contribution < -0.4 is 11.1 Å². The lowest BCUT2D eigenvalue weighted by molar-refractivity contribution is 0.316. The highest BCUT2D eigenvalue weighted by Gasteiger charge is 2.22. The smallest absolute Gasteiger partial charge is 0.150 e. The maximum atomic E-state index is 11.2. The molecule has 0 unspecified atom stereocenters. The van der Waals surface area contributed by atoms with Crippen molar-refractivity contribution in [2.24, 2.45) is 10.9 Å². The van der Waals surface area contributed by atoms with E-state index in [1.807, 2.05) is 0 Å². The molecule has 17 heavy (non-hydrogen) atoms. The second-order valence-corrected chi connectivity index (χ2v) is 6.73. The number of nitrogens with one attached hydrogen (secondary N) is 1. The summed E-state index contributed by atoms with van der Waals surface area (Å²) in [6.07, 6.45) is 3.83. The van der Waals surface area contributed by atoms with E-state index in [4.69, 9.17) is 10.9 Å². The lowest BCUT2D eigenvalue weighted by atomic mass is 10.1. The van der Waals surface area contributed by atoms with Crippen molar-refractivity contribution in [3.63, 3.8) is 0 Å². The van der Waals surface area contributed by atoms with E-state index in [-0.39, 0.29) is 5.84 Å². The molecule has 0 bridgehead atoms. The Bertz CT molecular complexity index is 340. The summed E-state index contributed by atoms with van der Waals surface area (Å²) >= 11 is 0. The highest BCUT2D eigenvalue weighted by Crippen LogP contribution is 2.12. The second kappa shape index (κ2) is 6.80. The molecule has 4 N–H and O–H groups in total. The summed E-state index contributed by atoms with van der Waals surface area (Å²) in [7, 11) is -2.77. The molecule has 6 nitrogen and oxygen atoms in total. The summed E-state index contributed by atoms with van der Waals surface area (Å²) in [6, 6.07) is 0.322. The van der Waals surface area contributed by atoms with Crippen molar-refractivity contribution in [2.75, 3.05) is 18.1 Å². The minimum absolute atomic E-state index is 0.258. The Morgan fingerprint density at radius 3 is 2.59 bits per heavy atom. The van der Waals surface area contributed by atoms with E-state index >= 15 is 0 Å². The summed E-state index contributed by atoms with van der Waals surface area (Å²) in [6.45, 7) is 0.851. The van der Waals surface area contributed by atoms with E-state index in [2.05, 4.69) is 10.5 Å². The first-order valence-corrected chi connectivity index (χ1v) is 7.76. The van der Waals surface area contributed by atoms with E-state index in [9.17, 15) is 8.42 Å². The van der Waals surface area contributed by atoms with Crippen LogP contribution in [0.4, 0.5) is 0 Å². The van der Waals surface area contributed by atoms with Crippen LogP contribution in [0.15, 0.2) is 5.16 Å². The fourth-order valence-electron chi connectivity index (χ4n) is 1.88. The number of oxime groups is 1. The number of unbranched alkanes of at least 4 members (excludes halogenated alkanes) is 1. The molecule has 0 aromatic heterocycles. The Morgan fingerprint density at radius 1 is 1.35 bits per heavy atom. The van der Waals surface area contributed by atoms with Crippen LogP contribution in [0, 0.1) is 0 Å². The molecular weight excluding hydrogens is 242 g/mol. The van der Waals surface area contributed by atoms with Crippen molar-refractivity contribution in [3.8, 4) is 0 Å². The zero-order chi connectivity index (χ0) is 12.7. The molecule has 0 spiro atoms. The zero-order valence-corrected chi connectivity index (χ0v) is 10.7. The van der Waals surface area contributed by atoms with Crippen molar-refractivity contribution < 1.29 is 13.6 Å². The van der Waals surface area contributed by atoms with Crippen LogP contribution in [-0.4, -0.2) is 43.6 Å². The number of nitrogens with two attached hydrogens (primary N) is 1. The lowest BCUT2D eigenvalue weighted by Crippen LogP contribution is -2.37. The molecule has 0 saturated carbocycles. The summed E-state index contributed by atoms with van der Waals surface area (Å²) in [5.74, 6) is 0.859. The predicted molar refractivity (Wildman–Crippen MR) is 66.9 cm³/mol. The van der Waals surface area contributed by atoms with Gasteiger partial charge in [-0.2, -0.15) is 0 Å². The summed E-state index contributed by atoms with van der Waals surface area (Å²) in [5, 5.41) is 14.6. The highest BCUT2D eigenvalue weighted by atomic mass is 32.2. The van der Waals surface area contributed by atoms with Gasteiger partial charge in [0, 0.05) is 12.5 Å². The number of rotatable bonds is 6. The SMILES string of the molecule is NC(CCCCNC1CCS(=O)(=O)CC1)=NO. The molecule has 0 amide bonds. The Kier molecular flexibility index (Phi) is 5.70. The zero-order valence-electron chi connectivity index (χ0n) is 9.93. The van der Waals surface area contributed by atoms with Gasteiger partial charge in [-0.15, -0.1) is 0 Å². The van der Waals surface area contributed by atoms with Gasteiger partial charge < -0.3 is 16.3 Å². The van der Waals surface area contributed by atoms with Crippen molar-refractivity contribution in [2.45, 2.75) is 38.1 Å². The monoisotopic (exact) mass is 263 g/mol. The maximum absolute atomic E-state index is 11.2. The standard InChI is InChI=1S/C10H21N3O3S/c11-10(13-14)3-1-2-6-12-9-4-7-17(15,16)8-5-9/h9,12,14H,1-8H2,(H2,11,13). The van der Waals surface area contributed by atoms with E-state index in [0.29, 0.717) is 36.8 Å². The van der Waals surface area contributed by atoms with Gasteiger partial charge in [0.1, 0.15) is 15.7 Å². The minimum atomic E-state index is -2.77. The normalized spacial score (nSPS) is 21.5. The molecule has 1 aliphatic rings.